The predicted molar refractivity (Wildman–Crippen MR) is 75.2 cm³/mol. The monoisotopic (exact) mass is 270 g/mol. The number of carbonyl (C=O) groups excluding carboxylic acids is 1. The highest BCUT2D eigenvalue weighted by molar-refractivity contribution is 6.08. The zero-order valence-electron chi connectivity index (χ0n) is 11.0. The second kappa shape index (κ2) is 4.94. The Kier molecular flexibility index (Phi) is 3.12. The molecule has 5 nitrogen and oxygen atoms in total. The van der Waals surface area contributed by atoms with E-state index < -0.39 is 0 Å². The van der Waals surface area contributed by atoms with Crippen LogP contribution in [0.2, 0.25) is 0 Å². The Balaban J connectivity index is 2.21. The molecule has 0 aliphatic heterocycles. The van der Waals surface area contributed by atoms with E-state index in [1.165, 1.54) is 7.11 Å². The first kappa shape index (κ1) is 12.6. The maximum Gasteiger partial charge on any atom is 0.311 e. The summed E-state index contributed by atoms with van der Waals surface area (Å²) in [6.07, 6.45) is 1.82. The molecular weight excluding hydrogens is 256 g/mol. The second-order valence-electron chi connectivity index (χ2n) is 4.60. The fourth-order valence-corrected chi connectivity index (χ4v) is 2.37. The third-order valence-electron chi connectivity index (χ3n) is 3.39. The van der Waals surface area contributed by atoms with E-state index in [0.29, 0.717) is 5.69 Å². The number of esters is 1. The predicted octanol–water partition coefficient (Wildman–Crippen LogP) is 1.92. The number of rotatable bonds is 3. The van der Waals surface area contributed by atoms with Gasteiger partial charge in [-0.25, -0.2) is 0 Å². The van der Waals surface area contributed by atoms with Crippen LogP contribution in [0, 0.1) is 0 Å². The first-order valence-electron chi connectivity index (χ1n) is 6.29. The van der Waals surface area contributed by atoms with Crippen LogP contribution in [0.25, 0.3) is 21.8 Å². The van der Waals surface area contributed by atoms with Crippen LogP contribution >= 0.6 is 0 Å². The lowest BCUT2D eigenvalue weighted by atomic mass is 10.1. The minimum Gasteiger partial charge on any atom is -0.469 e. The molecule has 0 aliphatic carbocycles. The molecule has 0 atom stereocenters. The van der Waals surface area contributed by atoms with E-state index in [9.17, 15) is 9.90 Å². The summed E-state index contributed by atoms with van der Waals surface area (Å²) < 4.78 is 4.69. The van der Waals surface area contributed by atoms with E-state index in [1.807, 2.05) is 24.3 Å². The number of aromatic nitrogens is 2. The average Bonchev–Trinajstić information content (AvgIpc) is 2.85. The van der Waals surface area contributed by atoms with Crippen molar-refractivity contribution in [1.29, 1.82) is 0 Å². The van der Waals surface area contributed by atoms with Crippen molar-refractivity contribution in [2.45, 2.75) is 13.0 Å². The van der Waals surface area contributed by atoms with Crippen molar-refractivity contribution in [1.82, 2.24) is 9.97 Å². The molecule has 0 amide bonds. The molecule has 1 aromatic carbocycles. The van der Waals surface area contributed by atoms with E-state index in [1.54, 1.807) is 6.20 Å². The van der Waals surface area contributed by atoms with Crippen LogP contribution in [-0.2, 0) is 22.6 Å². The van der Waals surface area contributed by atoms with Crippen LogP contribution < -0.4 is 0 Å². The molecule has 5 heteroatoms. The smallest absolute Gasteiger partial charge is 0.311 e. The van der Waals surface area contributed by atoms with Crippen molar-refractivity contribution in [3.63, 3.8) is 0 Å². The number of nitrogens with zero attached hydrogens (tertiary/aromatic N) is 1. The van der Waals surface area contributed by atoms with Crippen molar-refractivity contribution in [3.8, 4) is 0 Å². The van der Waals surface area contributed by atoms with Crippen LogP contribution in [0.1, 0.15) is 11.3 Å². The maximum absolute atomic E-state index is 11.4. The Bertz CT molecular complexity index is 792. The number of carbonyl (C=O) groups is 1. The molecule has 3 rings (SSSR count). The number of hydrogen-bond acceptors (Lipinski definition) is 4. The lowest BCUT2D eigenvalue weighted by Crippen LogP contribution is -2.06. The van der Waals surface area contributed by atoms with E-state index in [-0.39, 0.29) is 19.0 Å². The SMILES string of the molecule is COC(=O)Cc1nccc2c1[nH]c1cc(CO)ccc12. The molecular formula is C15H14N2O3. The van der Waals surface area contributed by atoms with Crippen LogP contribution in [0.4, 0.5) is 0 Å². The molecule has 2 aromatic heterocycles. The Morgan fingerprint density at radius 3 is 2.95 bits per heavy atom. The summed E-state index contributed by atoms with van der Waals surface area (Å²) in [5, 5.41) is 11.2. The van der Waals surface area contributed by atoms with Gasteiger partial charge >= 0.3 is 5.97 Å². The van der Waals surface area contributed by atoms with Crippen molar-refractivity contribution in [2.24, 2.45) is 0 Å². The normalized spacial score (nSPS) is 11.1. The van der Waals surface area contributed by atoms with E-state index in [2.05, 4.69) is 14.7 Å². The van der Waals surface area contributed by atoms with Crippen molar-refractivity contribution < 1.29 is 14.6 Å². The summed E-state index contributed by atoms with van der Waals surface area (Å²) in [4.78, 5) is 19.0. The van der Waals surface area contributed by atoms with Crippen molar-refractivity contribution >= 4 is 27.8 Å². The molecule has 0 unspecified atom stereocenters. The highest BCUT2D eigenvalue weighted by Gasteiger charge is 2.12. The number of H-pyrrole nitrogens is 1. The van der Waals surface area contributed by atoms with E-state index in [4.69, 9.17) is 0 Å². The number of pyridine rings is 1. The Morgan fingerprint density at radius 2 is 2.20 bits per heavy atom. The molecule has 0 aliphatic rings. The Morgan fingerprint density at radius 1 is 1.35 bits per heavy atom. The Labute approximate surface area is 115 Å². The summed E-state index contributed by atoms with van der Waals surface area (Å²) in [6, 6.07) is 7.66. The van der Waals surface area contributed by atoms with Crippen LogP contribution in [-0.4, -0.2) is 28.2 Å². The molecule has 20 heavy (non-hydrogen) atoms. The maximum atomic E-state index is 11.4. The third-order valence-corrected chi connectivity index (χ3v) is 3.39. The largest absolute Gasteiger partial charge is 0.469 e. The minimum absolute atomic E-state index is 0.00142. The van der Waals surface area contributed by atoms with Crippen LogP contribution in [0.15, 0.2) is 30.5 Å². The van der Waals surface area contributed by atoms with Gasteiger partial charge in [-0.3, -0.25) is 9.78 Å². The summed E-state index contributed by atoms with van der Waals surface area (Å²) in [5.41, 5.74) is 3.26. The van der Waals surface area contributed by atoms with Gasteiger partial charge in [0.15, 0.2) is 0 Å². The number of aliphatic hydroxyl groups is 1. The average molecular weight is 270 g/mol. The molecule has 0 saturated heterocycles. The number of hydrogen-bond donors (Lipinski definition) is 2. The third kappa shape index (κ3) is 2.02. The van der Waals surface area contributed by atoms with Crippen molar-refractivity contribution in [3.05, 3.63) is 41.7 Å². The summed E-state index contributed by atoms with van der Waals surface area (Å²) in [6.45, 7) is -0.00142. The van der Waals surface area contributed by atoms with Gasteiger partial charge in [-0.2, -0.15) is 0 Å². The molecule has 0 saturated carbocycles. The first-order chi connectivity index (χ1) is 9.72. The number of aromatic amines is 1. The van der Waals surface area contributed by atoms with Crippen LogP contribution in [0.5, 0.6) is 0 Å². The number of aliphatic hydroxyl groups excluding tert-OH is 1. The zero-order valence-corrected chi connectivity index (χ0v) is 11.0. The lowest BCUT2D eigenvalue weighted by Gasteiger charge is -2.00. The van der Waals surface area contributed by atoms with Gasteiger partial charge in [-0.05, 0) is 17.7 Å². The number of benzene rings is 1. The van der Waals surface area contributed by atoms with Gasteiger partial charge in [0.05, 0.1) is 31.3 Å². The molecule has 0 fully saturated rings. The number of nitrogens with one attached hydrogen (secondary N) is 1. The second-order valence-corrected chi connectivity index (χ2v) is 4.60. The van der Waals surface area contributed by atoms with Gasteiger partial charge in [-0.1, -0.05) is 12.1 Å². The minimum atomic E-state index is -0.320. The van der Waals surface area contributed by atoms with Gasteiger partial charge in [0.1, 0.15) is 0 Å². The fraction of sp³-hybridized carbons (Fsp3) is 0.200. The topological polar surface area (TPSA) is 75.2 Å². The fourth-order valence-electron chi connectivity index (χ4n) is 2.37. The molecule has 2 N–H and O–H groups in total. The van der Waals surface area contributed by atoms with Gasteiger partial charge in [0.25, 0.3) is 0 Å². The molecule has 2 heterocycles. The van der Waals surface area contributed by atoms with Gasteiger partial charge in [-0.15, -0.1) is 0 Å². The van der Waals surface area contributed by atoms with E-state index >= 15 is 0 Å². The summed E-state index contributed by atoms with van der Waals surface area (Å²) >= 11 is 0. The number of ether oxygens (including phenoxy) is 1. The molecule has 0 radical (unpaired) electrons. The molecule has 0 spiro atoms. The van der Waals surface area contributed by atoms with E-state index in [0.717, 1.165) is 27.4 Å². The van der Waals surface area contributed by atoms with Gasteiger partial charge in [0, 0.05) is 22.5 Å². The van der Waals surface area contributed by atoms with Gasteiger partial charge < -0.3 is 14.8 Å². The number of methoxy groups -OCH3 is 1. The van der Waals surface area contributed by atoms with Gasteiger partial charge in [0.2, 0.25) is 0 Å². The highest BCUT2D eigenvalue weighted by Crippen LogP contribution is 2.27. The summed E-state index contributed by atoms with van der Waals surface area (Å²) in [7, 11) is 1.36. The highest BCUT2D eigenvalue weighted by atomic mass is 16.5. The Hall–Kier alpha value is -2.40. The van der Waals surface area contributed by atoms with Crippen molar-refractivity contribution in [2.75, 3.05) is 7.11 Å². The lowest BCUT2D eigenvalue weighted by molar-refractivity contribution is -0.139. The zero-order chi connectivity index (χ0) is 14.1. The molecule has 102 valence electrons. The standard InChI is InChI=1S/C15H14N2O3/c1-20-14(19)7-13-15-11(4-5-16-13)10-3-2-9(8-18)6-12(10)17-15/h2-6,17-18H,7-8H2,1H3. The molecule has 3 aromatic rings. The summed E-state index contributed by atoms with van der Waals surface area (Å²) in [5.74, 6) is -0.320. The number of fused-ring (bicyclic) bond motifs is 3. The quantitative estimate of drug-likeness (QED) is 0.713. The van der Waals surface area contributed by atoms with Crippen LogP contribution in [0.3, 0.4) is 0 Å². The molecule has 0 bridgehead atoms. The first-order valence-corrected chi connectivity index (χ1v) is 6.29.